The maximum atomic E-state index is 6.17. The van der Waals surface area contributed by atoms with Crippen LogP contribution in [0.15, 0.2) is 23.4 Å². The van der Waals surface area contributed by atoms with E-state index in [1.807, 2.05) is 13.8 Å². The van der Waals surface area contributed by atoms with Crippen molar-refractivity contribution in [3.8, 4) is 0 Å². The molecule has 0 aliphatic carbocycles. The summed E-state index contributed by atoms with van der Waals surface area (Å²) in [5.74, 6) is 0.332. The van der Waals surface area contributed by atoms with Crippen LogP contribution in [0.3, 0.4) is 0 Å². The number of halogens is 2. The minimum absolute atomic E-state index is 0.332. The lowest BCUT2D eigenvalue weighted by Crippen LogP contribution is -1.97. The zero-order valence-corrected chi connectivity index (χ0v) is 11.5. The van der Waals surface area contributed by atoms with E-state index in [1.165, 1.54) is 4.68 Å². The molecule has 0 radical (unpaired) electrons. The fourth-order valence-electron chi connectivity index (χ4n) is 1.57. The molecule has 0 saturated heterocycles. The van der Waals surface area contributed by atoms with Gasteiger partial charge in [0.15, 0.2) is 0 Å². The molecule has 0 saturated carbocycles. The van der Waals surface area contributed by atoms with Crippen LogP contribution in [0.25, 0.3) is 0 Å². The second-order valence-electron chi connectivity index (χ2n) is 3.96. The number of aryl methyl sites for hydroxylation is 2. The van der Waals surface area contributed by atoms with E-state index >= 15 is 0 Å². The molecule has 0 unspecified atom stereocenters. The third-order valence-corrected chi connectivity index (χ3v) is 3.14. The number of hydrogen-bond donors (Lipinski definition) is 1. The maximum absolute atomic E-state index is 6.17. The second-order valence-corrected chi connectivity index (χ2v) is 4.77. The van der Waals surface area contributed by atoms with Gasteiger partial charge >= 0.3 is 0 Å². The summed E-state index contributed by atoms with van der Waals surface area (Å²) in [6.07, 6.45) is 3.34. The Morgan fingerprint density at radius 1 is 1.33 bits per heavy atom. The summed E-state index contributed by atoms with van der Waals surface area (Å²) in [6.45, 7) is 3.74. The van der Waals surface area contributed by atoms with E-state index in [2.05, 4.69) is 10.1 Å². The van der Waals surface area contributed by atoms with Crippen LogP contribution in [0.5, 0.6) is 0 Å². The van der Waals surface area contributed by atoms with Crippen molar-refractivity contribution in [2.24, 2.45) is 5.10 Å². The molecule has 1 heterocycles. The van der Waals surface area contributed by atoms with E-state index < -0.39 is 0 Å². The fourth-order valence-corrected chi connectivity index (χ4v) is 2.01. The van der Waals surface area contributed by atoms with Crippen LogP contribution >= 0.6 is 23.2 Å². The summed E-state index contributed by atoms with van der Waals surface area (Å²) in [5.41, 5.74) is 8.13. The van der Waals surface area contributed by atoms with Gasteiger partial charge in [0.1, 0.15) is 0 Å². The molecule has 0 aliphatic rings. The minimum Gasteiger partial charge on any atom is -0.368 e. The summed E-state index contributed by atoms with van der Waals surface area (Å²) >= 11 is 12.1. The van der Waals surface area contributed by atoms with E-state index in [4.69, 9.17) is 28.9 Å². The Labute approximate surface area is 115 Å². The molecule has 94 valence electrons. The van der Waals surface area contributed by atoms with Crippen LogP contribution < -0.4 is 5.73 Å². The average molecular weight is 283 g/mol. The first-order chi connectivity index (χ1) is 8.47. The highest BCUT2D eigenvalue weighted by molar-refractivity contribution is 6.35. The average Bonchev–Trinajstić information content (AvgIpc) is 2.60. The molecule has 0 atom stereocenters. The van der Waals surface area contributed by atoms with Gasteiger partial charge in [-0.05, 0) is 31.5 Å². The number of nitrogen functional groups attached to an aromatic ring is 1. The Hall–Kier alpha value is -1.52. The molecule has 18 heavy (non-hydrogen) atoms. The summed E-state index contributed by atoms with van der Waals surface area (Å²) < 4.78 is 1.49. The van der Waals surface area contributed by atoms with Crippen molar-refractivity contribution in [1.82, 2.24) is 9.66 Å². The van der Waals surface area contributed by atoms with E-state index in [-0.39, 0.29) is 0 Å². The number of hydrogen-bond acceptors (Lipinski definition) is 3. The first-order valence-electron chi connectivity index (χ1n) is 5.29. The zero-order chi connectivity index (χ0) is 13.3. The van der Waals surface area contributed by atoms with E-state index in [0.717, 1.165) is 16.8 Å². The second kappa shape index (κ2) is 5.00. The number of aromatic nitrogens is 2. The Balaban J connectivity index is 2.37. The van der Waals surface area contributed by atoms with Crippen LogP contribution in [0.1, 0.15) is 16.8 Å². The maximum Gasteiger partial charge on any atom is 0.221 e. The van der Waals surface area contributed by atoms with Gasteiger partial charge in [-0.1, -0.05) is 23.2 Å². The summed E-state index contributed by atoms with van der Waals surface area (Å²) in [4.78, 5) is 4.05. The molecule has 2 N–H and O–H groups in total. The molecule has 2 rings (SSSR count). The Morgan fingerprint density at radius 3 is 2.67 bits per heavy atom. The highest BCUT2D eigenvalue weighted by Crippen LogP contribution is 2.24. The monoisotopic (exact) mass is 282 g/mol. The molecular weight excluding hydrogens is 271 g/mol. The van der Waals surface area contributed by atoms with Crippen LogP contribution in [0.4, 0.5) is 5.95 Å². The van der Waals surface area contributed by atoms with Gasteiger partial charge in [-0.2, -0.15) is 5.10 Å². The first-order valence-corrected chi connectivity index (χ1v) is 6.04. The Morgan fingerprint density at radius 2 is 2.06 bits per heavy atom. The normalized spacial score (nSPS) is 11.3. The zero-order valence-electron chi connectivity index (χ0n) is 9.98. The quantitative estimate of drug-likeness (QED) is 0.860. The number of imidazole rings is 1. The molecule has 6 heteroatoms. The topological polar surface area (TPSA) is 56.2 Å². The predicted octanol–water partition coefficient (Wildman–Crippen LogP) is 3.27. The largest absolute Gasteiger partial charge is 0.368 e. The number of nitrogens with zero attached hydrogens (tertiary/aromatic N) is 3. The molecule has 1 aromatic heterocycles. The molecule has 0 fully saturated rings. The standard InChI is InChI=1S/C12H12Cl2N4/c1-7-3-10(13)4-9(11(7)14)5-16-18-6-8(2)17-12(18)15/h3-6H,1-2H3,(H2,15,17). The van der Waals surface area contributed by atoms with Crippen LogP contribution in [-0.2, 0) is 0 Å². The molecule has 0 spiro atoms. The van der Waals surface area contributed by atoms with Crippen molar-refractivity contribution in [2.45, 2.75) is 13.8 Å². The van der Waals surface area contributed by atoms with Gasteiger partial charge < -0.3 is 5.73 Å². The van der Waals surface area contributed by atoms with Gasteiger partial charge in [0.25, 0.3) is 0 Å². The number of anilines is 1. The van der Waals surface area contributed by atoms with E-state index in [0.29, 0.717) is 16.0 Å². The third kappa shape index (κ3) is 2.66. The van der Waals surface area contributed by atoms with Crippen molar-refractivity contribution in [3.63, 3.8) is 0 Å². The molecule has 0 amide bonds. The van der Waals surface area contributed by atoms with Crippen molar-refractivity contribution in [2.75, 3.05) is 5.73 Å². The summed E-state index contributed by atoms with van der Waals surface area (Å²) in [6, 6.07) is 3.55. The minimum atomic E-state index is 0.332. The summed E-state index contributed by atoms with van der Waals surface area (Å²) in [5, 5.41) is 5.44. The summed E-state index contributed by atoms with van der Waals surface area (Å²) in [7, 11) is 0. The van der Waals surface area contributed by atoms with Crippen LogP contribution in [-0.4, -0.2) is 15.9 Å². The lowest BCUT2D eigenvalue weighted by atomic mass is 10.1. The van der Waals surface area contributed by atoms with Crippen molar-refractivity contribution < 1.29 is 0 Å². The van der Waals surface area contributed by atoms with E-state index in [1.54, 1.807) is 24.5 Å². The van der Waals surface area contributed by atoms with E-state index in [9.17, 15) is 0 Å². The van der Waals surface area contributed by atoms with Gasteiger partial charge in [-0.3, -0.25) is 0 Å². The smallest absolute Gasteiger partial charge is 0.221 e. The highest BCUT2D eigenvalue weighted by atomic mass is 35.5. The number of rotatable bonds is 2. The van der Waals surface area contributed by atoms with Gasteiger partial charge in [-0.25, -0.2) is 9.66 Å². The Bertz CT molecular complexity index is 617. The number of nitrogens with two attached hydrogens (primary N) is 1. The van der Waals surface area contributed by atoms with Crippen molar-refractivity contribution >= 4 is 35.4 Å². The van der Waals surface area contributed by atoms with Crippen LogP contribution in [0, 0.1) is 13.8 Å². The molecule has 0 bridgehead atoms. The van der Waals surface area contributed by atoms with Gasteiger partial charge in [0.05, 0.1) is 23.1 Å². The third-order valence-electron chi connectivity index (χ3n) is 2.40. The van der Waals surface area contributed by atoms with Gasteiger partial charge in [-0.15, -0.1) is 0 Å². The molecule has 4 nitrogen and oxygen atoms in total. The van der Waals surface area contributed by atoms with Crippen molar-refractivity contribution in [1.29, 1.82) is 0 Å². The van der Waals surface area contributed by atoms with Gasteiger partial charge in [0, 0.05) is 10.6 Å². The van der Waals surface area contributed by atoms with Gasteiger partial charge in [0.2, 0.25) is 5.95 Å². The lowest BCUT2D eigenvalue weighted by molar-refractivity contribution is 0.897. The highest BCUT2D eigenvalue weighted by Gasteiger charge is 2.04. The van der Waals surface area contributed by atoms with Crippen molar-refractivity contribution in [3.05, 3.63) is 45.2 Å². The Kier molecular flexibility index (Phi) is 3.59. The fraction of sp³-hybridized carbons (Fsp3) is 0.167. The molecule has 1 aromatic carbocycles. The SMILES string of the molecule is Cc1cn(N=Cc2cc(Cl)cc(C)c2Cl)c(N)n1. The van der Waals surface area contributed by atoms with Crippen LogP contribution in [0.2, 0.25) is 10.0 Å². The first kappa shape index (κ1) is 12.9. The lowest BCUT2D eigenvalue weighted by Gasteiger charge is -2.03. The molecular formula is C12H12Cl2N4. The molecule has 2 aromatic rings. The predicted molar refractivity (Wildman–Crippen MR) is 75.6 cm³/mol. The number of benzene rings is 1. The molecule has 0 aliphatic heterocycles.